The molecule has 1 fully saturated rings. The van der Waals surface area contributed by atoms with E-state index in [0.29, 0.717) is 19.5 Å². The Bertz CT molecular complexity index is 179. The van der Waals surface area contributed by atoms with Gasteiger partial charge in [-0.15, -0.1) is 5.06 Å². The number of carbonyl (C=O) groups is 1. The van der Waals surface area contributed by atoms with Gasteiger partial charge in [-0.1, -0.05) is 13.8 Å². The lowest BCUT2D eigenvalue weighted by Crippen LogP contribution is -2.34. The lowest BCUT2D eigenvalue weighted by atomic mass is 9.95. The monoisotopic (exact) mass is 173 g/mol. The molecule has 0 aromatic heterocycles. The van der Waals surface area contributed by atoms with Gasteiger partial charge in [-0.2, -0.15) is 0 Å². The van der Waals surface area contributed by atoms with Gasteiger partial charge in [0.2, 0.25) is 0 Å². The molecule has 1 saturated heterocycles. The molecule has 12 heavy (non-hydrogen) atoms. The molecule has 0 aromatic carbocycles. The summed E-state index contributed by atoms with van der Waals surface area (Å²) in [5, 5.41) is 10.6. The highest BCUT2D eigenvalue weighted by Gasteiger charge is 2.27. The van der Waals surface area contributed by atoms with Crippen LogP contribution in [-0.4, -0.2) is 35.8 Å². The molecule has 0 aromatic rings. The van der Waals surface area contributed by atoms with E-state index in [-0.39, 0.29) is 18.0 Å². The van der Waals surface area contributed by atoms with Crippen molar-refractivity contribution in [3.8, 4) is 0 Å². The summed E-state index contributed by atoms with van der Waals surface area (Å²) in [7, 11) is 0. The van der Waals surface area contributed by atoms with Crippen LogP contribution in [0.25, 0.3) is 0 Å². The van der Waals surface area contributed by atoms with E-state index in [0.717, 1.165) is 0 Å². The smallest absolute Gasteiger partial charge is 0.326 e. The van der Waals surface area contributed by atoms with Gasteiger partial charge in [0.1, 0.15) is 0 Å². The minimum absolute atomic E-state index is 0.0983. The summed E-state index contributed by atoms with van der Waals surface area (Å²) in [5.74, 6) is -0.177. The van der Waals surface area contributed by atoms with E-state index in [1.807, 2.05) is 13.8 Å². The number of hydrogen-bond donors (Lipinski definition) is 1. The Kier molecular flexibility index (Phi) is 2.69. The number of aliphatic hydroxyl groups is 1. The molecule has 4 heteroatoms. The van der Waals surface area contributed by atoms with Gasteiger partial charge in [0.15, 0.2) is 0 Å². The first-order chi connectivity index (χ1) is 5.53. The Morgan fingerprint density at radius 3 is 2.75 bits per heavy atom. The van der Waals surface area contributed by atoms with E-state index in [9.17, 15) is 4.79 Å². The Morgan fingerprint density at radius 1 is 1.67 bits per heavy atom. The highest BCUT2D eigenvalue weighted by Crippen LogP contribution is 2.18. The van der Waals surface area contributed by atoms with Crippen molar-refractivity contribution in [2.45, 2.75) is 20.3 Å². The van der Waals surface area contributed by atoms with Crippen molar-refractivity contribution in [1.82, 2.24) is 5.06 Å². The molecule has 0 atom stereocenters. The molecule has 0 amide bonds. The number of hydroxylamine groups is 2. The van der Waals surface area contributed by atoms with Crippen LogP contribution < -0.4 is 0 Å². The Morgan fingerprint density at radius 2 is 2.33 bits per heavy atom. The molecule has 0 radical (unpaired) electrons. The fourth-order valence-electron chi connectivity index (χ4n) is 1.09. The first-order valence-electron chi connectivity index (χ1n) is 4.10. The molecular weight excluding hydrogens is 158 g/mol. The van der Waals surface area contributed by atoms with E-state index in [1.54, 1.807) is 5.06 Å². The predicted octanol–water partition coefficient (Wildman–Crippen LogP) is 0.169. The minimum Gasteiger partial charge on any atom is -0.396 e. The molecule has 1 aliphatic heterocycles. The zero-order valence-corrected chi connectivity index (χ0v) is 7.54. The maximum Gasteiger partial charge on any atom is 0.326 e. The maximum atomic E-state index is 10.7. The third kappa shape index (κ3) is 2.46. The largest absolute Gasteiger partial charge is 0.396 e. The van der Waals surface area contributed by atoms with E-state index < -0.39 is 0 Å². The lowest BCUT2D eigenvalue weighted by Gasteiger charge is -2.25. The Hall–Kier alpha value is -0.610. The van der Waals surface area contributed by atoms with Gasteiger partial charge in [0, 0.05) is 25.1 Å². The van der Waals surface area contributed by atoms with Crippen molar-refractivity contribution in [2.75, 3.05) is 19.7 Å². The quantitative estimate of drug-likeness (QED) is 0.661. The second-order valence-corrected chi connectivity index (χ2v) is 3.90. The average Bonchev–Trinajstić information content (AvgIpc) is 2.35. The highest BCUT2D eigenvalue weighted by molar-refractivity contribution is 5.70. The van der Waals surface area contributed by atoms with E-state index in [1.165, 1.54) is 0 Å². The zero-order valence-electron chi connectivity index (χ0n) is 7.54. The van der Waals surface area contributed by atoms with Crippen LogP contribution >= 0.6 is 0 Å². The molecule has 0 aliphatic carbocycles. The molecule has 1 rings (SSSR count). The first kappa shape index (κ1) is 9.48. The van der Waals surface area contributed by atoms with Gasteiger partial charge in [-0.3, -0.25) is 4.79 Å². The average molecular weight is 173 g/mol. The van der Waals surface area contributed by atoms with Crippen LogP contribution in [0.15, 0.2) is 0 Å². The predicted molar refractivity (Wildman–Crippen MR) is 43.1 cm³/mol. The van der Waals surface area contributed by atoms with Crippen LogP contribution in [0, 0.1) is 5.41 Å². The normalized spacial score (nSPS) is 19.8. The number of carbonyl (C=O) groups excluding carboxylic acids is 1. The van der Waals surface area contributed by atoms with Gasteiger partial charge in [0.05, 0.1) is 6.42 Å². The van der Waals surface area contributed by atoms with Gasteiger partial charge in [-0.05, 0) is 0 Å². The molecule has 70 valence electrons. The fraction of sp³-hybridized carbons (Fsp3) is 0.875. The number of rotatable bonds is 3. The fourth-order valence-corrected chi connectivity index (χ4v) is 1.09. The summed E-state index contributed by atoms with van der Waals surface area (Å²) in [4.78, 5) is 15.6. The topological polar surface area (TPSA) is 49.8 Å². The molecule has 1 N–H and O–H groups in total. The summed E-state index contributed by atoms with van der Waals surface area (Å²) in [6.45, 7) is 5.19. The van der Waals surface area contributed by atoms with Crippen molar-refractivity contribution in [3.05, 3.63) is 0 Å². The van der Waals surface area contributed by atoms with Crippen molar-refractivity contribution >= 4 is 5.97 Å². The molecule has 0 unspecified atom stereocenters. The SMILES string of the molecule is CC(C)(CO)CN1CCC(=O)O1. The van der Waals surface area contributed by atoms with Crippen LogP contribution in [-0.2, 0) is 9.63 Å². The van der Waals surface area contributed by atoms with Gasteiger partial charge >= 0.3 is 5.97 Å². The molecule has 0 bridgehead atoms. The number of nitrogens with zero attached hydrogens (tertiary/aromatic N) is 1. The van der Waals surface area contributed by atoms with Crippen LogP contribution in [0.5, 0.6) is 0 Å². The van der Waals surface area contributed by atoms with Crippen molar-refractivity contribution < 1.29 is 14.7 Å². The Labute approximate surface area is 72.1 Å². The molecule has 1 aliphatic rings. The van der Waals surface area contributed by atoms with Gasteiger partial charge < -0.3 is 9.94 Å². The van der Waals surface area contributed by atoms with Crippen molar-refractivity contribution in [3.63, 3.8) is 0 Å². The van der Waals surface area contributed by atoms with E-state index >= 15 is 0 Å². The third-order valence-electron chi connectivity index (χ3n) is 1.83. The molecule has 0 spiro atoms. The highest BCUT2D eigenvalue weighted by atomic mass is 16.7. The summed E-state index contributed by atoms with van der Waals surface area (Å²) in [5.41, 5.74) is -0.204. The van der Waals surface area contributed by atoms with E-state index in [4.69, 9.17) is 9.94 Å². The lowest BCUT2D eigenvalue weighted by molar-refractivity contribution is -0.175. The summed E-state index contributed by atoms with van der Waals surface area (Å²) < 4.78 is 0. The Balaban J connectivity index is 2.36. The first-order valence-corrected chi connectivity index (χ1v) is 4.10. The minimum atomic E-state index is -0.204. The van der Waals surface area contributed by atoms with Gasteiger partial charge in [-0.25, -0.2) is 0 Å². The molecule has 4 nitrogen and oxygen atoms in total. The third-order valence-corrected chi connectivity index (χ3v) is 1.83. The summed E-state index contributed by atoms with van der Waals surface area (Å²) >= 11 is 0. The van der Waals surface area contributed by atoms with Crippen LogP contribution in [0.1, 0.15) is 20.3 Å². The molecular formula is C8H15NO3. The van der Waals surface area contributed by atoms with Crippen molar-refractivity contribution in [1.29, 1.82) is 0 Å². The van der Waals surface area contributed by atoms with Crippen LogP contribution in [0.3, 0.4) is 0 Å². The zero-order chi connectivity index (χ0) is 9.19. The summed E-state index contributed by atoms with van der Waals surface area (Å²) in [6.07, 6.45) is 0.460. The number of hydrogen-bond acceptors (Lipinski definition) is 4. The maximum absolute atomic E-state index is 10.7. The van der Waals surface area contributed by atoms with Crippen LogP contribution in [0.2, 0.25) is 0 Å². The number of aliphatic hydroxyl groups excluding tert-OH is 1. The van der Waals surface area contributed by atoms with E-state index in [2.05, 4.69) is 0 Å². The molecule has 0 saturated carbocycles. The standard InChI is InChI=1S/C8H15NO3/c1-8(2,6-10)5-9-4-3-7(11)12-9/h10H,3-6H2,1-2H3. The summed E-state index contributed by atoms with van der Waals surface area (Å²) in [6, 6.07) is 0. The second kappa shape index (κ2) is 3.41. The second-order valence-electron chi connectivity index (χ2n) is 3.90. The van der Waals surface area contributed by atoms with Crippen LogP contribution in [0.4, 0.5) is 0 Å². The van der Waals surface area contributed by atoms with Gasteiger partial charge in [0.25, 0.3) is 0 Å². The molecule has 1 heterocycles. The van der Waals surface area contributed by atoms with Crippen molar-refractivity contribution in [2.24, 2.45) is 5.41 Å².